The van der Waals surface area contributed by atoms with E-state index in [9.17, 15) is 4.79 Å². The Labute approximate surface area is 138 Å². The summed E-state index contributed by atoms with van der Waals surface area (Å²) in [5.74, 6) is 1.33. The molecule has 1 saturated carbocycles. The zero-order chi connectivity index (χ0) is 16.2. The number of aromatic nitrogens is 2. The fourth-order valence-electron chi connectivity index (χ4n) is 2.69. The quantitative estimate of drug-likeness (QED) is 0.780. The predicted molar refractivity (Wildman–Crippen MR) is 83.2 cm³/mol. The van der Waals surface area contributed by atoms with Crippen LogP contribution in [-0.4, -0.2) is 60.1 Å². The van der Waals surface area contributed by atoms with E-state index in [0.717, 1.165) is 25.9 Å². The predicted octanol–water partition coefficient (Wildman–Crippen LogP) is 1.39. The van der Waals surface area contributed by atoms with E-state index in [1.165, 1.54) is 0 Å². The molecule has 126 valence electrons. The third-order valence-corrected chi connectivity index (χ3v) is 4.17. The van der Waals surface area contributed by atoms with E-state index < -0.39 is 6.09 Å². The van der Waals surface area contributed by atoms with Crippen molar-refractivity contribution in [2.24, 2.45) is 5.92 Å². The molecule has 0 bridgehead atoms. The van der Waals surface area contributed by atoms with Crippen LogP contribution in [0.2, 0.25) is 5.15 Å². The lowest BCUT2D eigenvalue weighted by Crippen LogP contribution is -2.41. The molecule has 2 N–H and O–H groups in total. The molecule has 0 radical (unpaired) electrons. The Morgan fingerprint density at radius 3 is 2.87 bits per heavy atom. The van der Waals surface area contributed by atoms with E-state index in [2.05, 4.69) is 15.3 Å². The summed E-state index contributed by atoms with van der Waals surface area (Å²) in [7, 11) is 0. The standard InChI is InChI=1S/C14H19ClN4O4/c15-11-7-12(18-13(17-11)19-1-3-22-4-2-19)23-10-5-9(6-10)8-16-14(20)21/h7,9-10,16H,1-6,8H2,(H,20,21)/t9-,10-. The highest BCUT2D eigenvalue weighted by Gasteiger charge is 2.31. The lowest BCUT2D eigenvalue weighted by atomic mass is 9.82. The second-order valence-electron chi connectivity index (χ2n) is 5.69. The van der Waals surface area contributed by atoms with Crippen LogP contribution in [0.15, 0.2) is 6.07 Å². The van der Waals surface area contributed by atoms with Gasteiger partial charge in [-0.3, -0.25) is 0 Å². The summed E-state index contributed by atoms with van der Waals surface area (Å²) >= 11 is 6.06. The molecule has 0 aromatic carbocycles. The number of amides is 1. The monoisotopic (exact) mass is 342 g/mol. The molecule has 9 heteroatoms. The smallest absolute Gasteiger partial charge is 0.404 e. The molecule has 0 unspecified atom stereocenters. The third-order valence-electron chi connectivity index (χ3n) is 3.98. The van der Waals surface area contributed by atoms with E-state index in [1.54, 1.807) is 6.07 Å². The highest BCUT2D eigenvalue weighted by Crippen LogP contribution is 2.31. The fourth-order valence-corrected chi connectivity index (χ4v) is 2.86. The van der Waals surface area contributed by atoms with Gasteiger partial charge in [0.2, 0.25) is 11.8 Å². The average Bonchev–Trinajstić information content (AvgIpc) is 2.49. The Kier molecular flexibility index (Phi) is 5.02. The number of hydrogen-bond donors (Lipinski definition) is 2. The Bertz CT molecular complexity index is 562. The van der Waals surface area contributed by atoms with Crippen molar-refractivity contribution in [2.75, 3.05) is 37.7 Å². The topological polar surface area (TPSA) is 96.8 Å². The Hall–Kier alpha value is -1.80. The zero-order valence-electron chi connectivity index (χ0n) is 12.6. The van der Waals surface area contributed by atoms with Gasteiger partial charge in [-0.2, -0.15) is 4.98 Å². The van der Waals surface area contributed by atoms with Gasteiger partial charge >= 0.3 is 6.09 Å². The molecule has 2 heterocycles. The van der Waals surface area contributed by atoms with Crippen molar-refractivity contribution in [1.82, 2.24) is 15.3 Å². The van der Waals surface area contributed by atoms with E-state index in [4.69, 9.17) is 26.2 Å². The van der Waals surface area contributed by atoms with Crippen molar-refractivity contribution in [1.29, 1.82) is 0 Å². The van der Waals surface area contributed by atoms with Crippen LogP contribution in [0.3, 0.4) is 0 Å². The molecule has 1 aromatic rings. The van der Waals surface area contributed by atoms with Crippen LogP contribution < -0.4 is 15.0 Å². The van der Waals surface area contributed by atoms with Crippen LogP contribution in [0.4, 0.5) is 10.7 Å². The van der Waals surface area contributed by atoms with Crippen LogP contribution in [0.1, 0.15) is 12.8 Å². The van der Waals surface area contributed by atoms with Gasteiger partial charge in [-0.05, 0) is 18.8 Å². The summed E-state index contributed by atoms with van der Waals surface area (Å²) in [6.45, 7) is 3.21. The van der Waals surface area contributed by atoms with Gasteiger partial charge in [-0.15, -0.1) is 0 Å². The van der Waals surface area contributed by atoms with E-state index in [-0.39, 0.29) is 6.10 Å². The molecule has 3 rings (SSSR count). The maximum Gasteiger partial charge on any atom is 0.404 e. The summed E-state index contributed by atoms with van der Waals surface area (Å²) in [4.78, 5) is 21.1. The van der Waals surface area contributed by atoms with E-state index in [0.29, 0.717) is 42.7 Å². The number of nitrogens with zero attached hydrogens (tertiary/aromatic N) is 3. The van der Waals surface area contributed by atoms with Gasteiger partial charge in [-0.1, -0.05) is 11.6 Å². The number of carbonyl (C=O) groups is 1. The summed E-state index contributed by atoms with van der Waals surface area (Å²) in [6.07, 6.45) is 0.648. The minimum atomic E-state index is -0.993. The lowest BCUT2D eigenvalue weighted by Gasteiger charge is -2.35. The molecule has 1 aliphatic carbocycles. The van der Waals surface area contributed by atoms with Gasteiger partial charge in [0, 0.05) is 25.7 Å². The summed E-state index contributed by atoms with van der Waals surface area (Å²) in [6, 6.07) is 1.61. The van der Waals surface area contributed by atoms with Gasteiger partial charge in [0.15, 0.2) is 0 Å². The molecule has 1 saturated heterocycles. The highest BCUT2D eigenvalue weighted by molar-refractivity contribution is 6.29. The van der Waals surface area contributed by atoms with Crippen molar-refractivity contribution in [3.63, 3.8) is 0 Å². The second-order valence-corrected chi connectivity index (χ2v) is 6.08. The van der Waals surface area contributed by atoms with Gasteiger partial charge in [-0.25, -0.2) is 9.78 Å². The molecule has 0 atom stereocenters. The SMILES string of the molecule is O=C(O)NC[C@H]1C[C@H](Oc2cc(Cl)nc(N3CCOCC3)n2)C1. The van der Waals surface area contributed by atoms with Crippen LogP contribution in [-0.2, 0) is 4.74 Å². The first-order valence-corrected chi connectivity index (χ1v) is 7.98. The number of halogens is 1. The summed E-state index contributed by atoms with van der Waals surface area (Å²) in [5.41, 5.74) is 0. The van der Waals surface area contributed by atoms with Crippen molar-refractivity contribution in [3.8, 4) is 5.88 Å². The van der Waals surface area contributed by atoms with Crippen molar-refractivity contribution in [2.45, 2.75) is 18.9 Å². The minimum Gasteiger partial charge on any atom is -0.474 e. The molecule has 1 aliphatic heterocycles. The molecule has 23 heavy (non-hydrogen) atoms. The van der Waals surface area contributed by atoms with Crippen molar-refractivity contribution < 1.29 is 19.4 Å². The number of nitrogens with one attached hydrogen (secondary N) is 1. The fraction of sp³-hybridized carbons (Fsp3) is 0.643. The first-order chi connectivity index (χ1) is 11.1. The van der Waals surface area contributed by atoms with Crippen molar-refractivity contribution >= 4 is 23.6 Å². The van der Waals surface area contributed by atoms with Crippen LogP contribution in [0.25, 0.3) is 0 Å². The first-order valence-electron chi connectivity index (χ1n) is 7.61. The average molecular weight is 343 g/mol. The molecule has 1 aromatic heterocycles. The number of ether oxygens (including phenoxy) is 2. The third kappa shape index (κ3) is 4.35. The van der Waals surface area contributed by atoms with Gasteiger partial charge in [0.25, 0.3) is 0 Å². The number of morpholine rings is 1. The molecule has 2 fully saturated rings. The van der Waals surface area contributed by atoms with Crippen LogP contribution in [0, 0.1) is 5.92 Å². The highest BCUT2D eigenvalue weighted by atomic mass is 35.5. The molecular formula is C14H19ClN4O4. The second kappa shape index (κ2) is 7.18. The normalized spacial score (nSPS) is 24.0. The van der Waals surface area contributed by atoms with Gasteiger partial charge in [0.1, 0.15) is 11.3 Å². The van der Waals surface area contributed by atoms with Crippen LogP contribution in [0.5, 0.6) is 5.88 Å². The largest absolute Gasteiger partial charge is 0.474 e. The van der Waals surface area contributed by atoms with Gasteiger partial charge in [0.05, 0.1) is 13.2 Å². The van der Waals surface area contributed by atoms with E-state index >= 15 is 0 Å². The summed E-state index contributed by atoms with van der Waals surface area (Å²) < 4.78 is 11.1. The summed E-state index contributed by atoms with van der Waals surface area (Å²) in [5, 5.41) is 11.3. The maximum atomic E-state index is 10.5. The number of carboxylic acid groups (broad SMARTS) is 1. The Morgan fingerprint density at radius 2 is 2.17 bits per heavy atom. The number of hydrogen-bond acceptors (Lipinski definition) is 6. The lowest BCUT2D eigenvalue weighted by molar-refractivity contribution is 0.0604. The minimum absolute atomic E-state index is 0.0408. The Morgan fingerprint density at radius 1 is 1.43 bits per heavy atom. The molecule has 0 spiro atoms. The van der Waals surface area contributed by atoms with Gasteiger partial charge < -0.3 is 24.8 Å². The molecule has 2 aliphatic rings. The van der Waals surface area contributed by atoms with Crippen LogP contribution >= 0.6 is 11.6 Å². The molecular weight excluding hydrogens is 324 g/mol. The number of rotatable bonds is 5. The van der Waals surface area contributed by atoms with E-state index in [1.807, 2.05) is 4.90 Å². The van der Waals surface area contributed by atoms with Crippen molar-refractivity contribution in [3.05, 3.63) is 11.2 Å². The first kappa shape index (κ1) is 16.1. The maximum absolute atomic E-state index is 10.5. The molecule has 1 amide bonds. The molecule has 8 nitrogen and oxygen atoms in total. The number of anilines is 1. The zero-order valence-corrected chi connectivity index (χ0v) is 13.3. The Balaban J connectivity index is 1.54.